The van der Waals surface area contributed by atoms with E-state index in [1.165, 1.54) is 0 Å². The summed E-state index contributed by atoms with van der Waals surface area (Å²) in [5, 5.41) is 1.10. The predicted molar refractivity (Wildman–Crippen MR) is 89.2 cm³/mol. The molecule has 0 aliphatic rings. The predicted octanol–water partition coefficient (Wildman–Crippen LogP) is 5.80. The van der Waals surface area contributed by atoms with Gasteiger partial charge in [0.05, 0.1) is 21.1 Å². The minimum Gasteiger partial charge on any atom is -0.338 e. The van der Waals surface area contributed by atoms with Crippen molar-refractivity contribution in [1.82, 2.24) is 9.97 Å². The van der Waals surface area contributed by atoms with E-state index in [1.54, 1.807) is 6.07 Å². The molecule has 0 fully saturated rings. The first-order chi connectivity index (χ1) is 9.61. The standard InChI is InChI=1S/C15H9BrCl2N2/c16-10-3-5-13-14(8-10)20-15(19-13)6-2-9-1-4-11(17)12(18)7-9/h1-8H,(H,19,20)/b6-2+. The minimum absolute atomic E-state index is 0.544. The van der Waals surface area contributed by atoms with E-state index >= 15 is 0 Å². The molecule has 3 aromatic rings. The Hall–Kier alpha value is -1.29. The molecule has 0 spiro atoms. The van der Waals surface area contributed by atoms with Crippen LogP contribution >= 0.6 is 39.1 Å². The molecule has 3 rings (SSSR count). The summed E-state index contributed by atoms with van der Waals surface area (Å²) in [4.78, 5) is 7.73. The van der Waals surface area contributed by atoms with Crippen LogP contribution in [0.5, 0.6) is 0 Å². The smallest absolute Gasteiger partial charge is 0.131 e. The summed E-state index contributed by atoms with van der Waals surface area (Å²) >= 11 is 15.3. The highest BCUT2D eigenvalue weighted by Gasteiger charge is 2.01. The van der Waals surface area contributed by atoms with Crippen LogP contribution in [0.2, 0.25) is 10.0 Å². The first-order valence-electron chi connectivity index (χ1n) is 5.90. The largest absolute Gasteiger partial charge is 0.338 e. The second-order valence-corrected chi connectivity index (χ2v) is 6.02. The molecule has 20 heavy (non-hydrogen) atoms. The molecule has 0 saturated carbocycles. The molecule has 0 amide bonds. The van der Waals surface area contributed by atoms with Crippen LogP contribution in [0.25, 0.3) is 23.2 Å². The highest BCUT2D eigenvalue weighted by atomic mass is 79.9. The number of hydrogen-bond donors (Lipinski definition) is 1. The Morgan fingerprint density at radius 1 is 1.00 bits per heavy atom. The fraction of sp³-hybridized carbons (Fsp3) is 0. The number of nitrogens with one attached hydrogen (secondary N) is 1. The Morgan fingerprint density at radius 3 is 2.65 bits per heavy atom. The van der Waals surface area contributed by atoms with Gasteiger partial charge in [-0.25, -0.2) is 4.98 Å². The first kappa shape index (κ1) is 13.7. The molecule has 5 heteroatoms. The van der Waals surface area contributed by atoms with Crippen molar-refractivity contribution in [3.05, 3.63) is 62.3 Å². The number of benzene rings is 2. The van der Waals surface area contributed by atoms with Crippen molar-refractivity contribution >= 4 is 62.3 Å². The second-order valence-electron chi connectivity index (χ2n) is 4.29. The van der Waals surface area contributed by atoms with Crippen LogP contribution in [0.4, 0.5) is 0 Å². The molecular formula is C15H9BrCl2N2. The number of fused-ring (bicyclic) bond motifs is 1. The van der Waals surface area contributed by atoms with Crippen molar-refractivity contribution in [2.75, 3.05) is 0 Å². The molecule has 0 unspecified atom stereocenters. The maximum absolute atomic E-state index is 5.98. The zero-order valence-corrected chi connectivity index (χ0v) is 13.3. The number of aromatic amines is 1. The van der Waals surface area contributed by atoms with Gasteiger partial charge in [0, 0.05) is 4.47 Å². The average molecular weight is 368 g/mol. The van der Waals surface area contributed by atoms with Crippen molar-refractivity contribution in [2.45, 2.75) is 0 Å². The lowest BCUT2D eigenvalue weighted by Gasteiger charge is -1.96. The maximum Gasteiger partial charge on any atom is 0.131 e. The van der Waals surface area contributed by atoms with E-state index in [2.05, 4.69) is 25.9 Å². The van der Waals surface area contributed by atoms with E-state index in [-0.39, 0.29) is 0 Å². The zero-order valence-electron chi connectivity index (χ0n) is 10.2. The molecular weight excluding hydrogens is 359 g/mol. The fourth-order valence-corrected chi connectivity index (χ4v) is 2.54. The highest BCUT2D eigenvalue weighted by Crippen LogP contribution is 2.24. The number of aromatic nitrogens is 2. The Labute approximate surface area is 134 Å². The minimum atomic E-state index is 0.544. The van der Waals surface area contributed by atoms with Crippen molar-refractivity contribution in [3.8, 4) is 0 Å². The van der Waals surface area contributed by atoms with Crippen LogP contribution in [0.1, 0.15) is 11.4 Å². The third-order valence-corrected chi connectivity index (χ3v) is 4.07. The maximum atomic E-state index is 5.98. The Morgan fingerprint density at radius 2 is 1.85 bits per heavy atom. The molecule has 0 radical (unpaired) electrons. The van der Waals surface area contributed by atoms with Gasteiger partial charge in [0.25, 0.3) is 0 Å². The lowest BCUT2D eigenvalue weighted by atomic mass is 10.2. The summed E-state index contributed by atoms with van der Waals surface area (Å²) < 4.78 is 1.02. The number of H-pyrrole nitrogens is 1. The average Bonchev–Trinajstić information content (AvgIpc) is 2.82. The summed E-state index contributed by atoms with van der Waals surface area (Å²) in [5.74, 6) is 0.796. The quantitative estimate of drug-likeness (QED) is 0.608. The fourth-order valence-electron chi connectivity index (χ4n) is 1.87. The van der Waals surface area contributed by atoms with Gasteiger partial charge < -0.3 is 4.98 Å². The molecule has 0 atom stereocenters. The molecule has 0 aliphatic heterocycles. The molecule has 2 nitrogen and oxygen atoms in total. The van der Waals surface area contributed by atoms with Gasteiger partial charge in [0.1, 0.15) is 5.82 Å². The van der Waals surface area contributed by atoms with Crippen LogP contribution in [0.15, 0.2) is 40.9 Å². The molecule has 1 heterocycles. The molecule has 1 aromatic heterocycles. The molecule has 0 aliphatic carbocycles. The molecule has 0 bridgehead atoms. The van der Waals surface area contributed by atoms with E-state index in [9.17, 15) is 0 Å². The van der Waals surface area contributed by atoms with E-state index in [0.29, 0.717) is 10.0 Å². The number of rotatable bonds is 2. The summed E-state index contributed by atoms with van der Waals surface area (Å²) in [6.07, 6.45) is 3.85. The summed E-state index contributed by atoms with van der Waals surface area (Å²) in [5.41, 5.74) is 2.90. The van der Waals surface area contributed by atoms with E-state index in [4.69, 9.17) is 23.2 Å². The van der Waals surface area contributed by atoms with Crippen LogP contribution in [-0.2, 0) is 0 Å². The van der Waals surface area contributed by atoms with Gasteiger partial charge >= 0.3 is 0 Å². The topological polar surface area (TPSA) is 28.7 Å². The van der Waals surface area contributed by atoms with Gasteiger partial charge in [-0.2, -0.15) is 0 Å². The van der Waals surface area contributed by atoms with Crippen LogP contribution in [0.3, 0.4) is 0 Å². The van der Waals surface area contributed by atoms with Gasteiger partial charge in [-0.15, -0.1) is 0 Å². The normalized spacial score (nSPS) is 11.6. The lowest BCUT2D eigenvalue weighted by molar-refractivity contribution is 1.29. The second kappa shape index (κ2) is 5.60. The Bertz CT molecular complexity index is 809. The van der Waals surface area contributed by atoms with Gasteiger partial charge in [0.2, 0.25) is 0 Å². The van der Waals surface area contributed by atoms with Gasteiger partial charge in [0.15, 0.2) is 0 Å². The summed E-state index contributed by atoms with van der Waals surface area (Å²) in [6.45, 7) is 0. The number of hydrogen-bond acceptors (Lipinski definition) is 1. The third kappa shape index (κ3) is 2.90. The molecule has 2 aromatic carbocycles. The number of imidazole rings is 1. The van der Waals surface area contributed by atoms with Crippen molar-refractivity contribution in [1.29, 1.82) is 0 Å². The monoisotopic (exact) mass is 366 g/mol. The Kier molecular flexibility index (Phi) is 3.83. The van der Waals surface area contributed by atoms with Gasteiger partial charge in [-0.1, -0.05) is 51.3 Å². The Balaban J connectivity index is 1.91. The zero-order chi connectivity index (χ0) is 14.1. The third-order valence-electron chi connectivity index (χ3n) is 2.84. The van der Waals surface area contributed by atoms with Crippen LogP contribution in [-0.4, -0.2) is 9.97 Å². The van der Waals surface area contributed by atoms with E-state index in [1.807, 2.05) is 42.5 Å². The molecule has 100 valence electrons. The van der Waals surface area contributed by atoms with E-state index < -0.39 is 0 Å². The summed E-state index contributed by atoms with van der Waals surface area (Å²) in [6, 6.07) is 11.4. The summed E-state index contributed by atoms with van der Waals surface area (Å²) in [7, 11) is 0. The van der Waals surface area contributed by atoms with Crippen molar-refractivity contribution < 1.29 is 0 Å². The number of halogens is 3. The van der Waals surface area contributed by atoms with Gasteiger partial charge in [-0.05, 0) is 42.0 Å². The molecule has 1 N–H and O–H groups in total. The number of nitrogens with zero attached hydrogens (tertiary/aromatic N) is 1. The lowest BCUT2D eigenvalue weighted by Crippen LogP contribution is -1.76. The first-order valence-corrected chi connectivity index (χ1v) is 7.45. The SMILES string of the molecule is Clc1ccc(/C=C/c2nc3ccc(Br)cc3[nH]2)cc1Cl. The van der Waals surface area contributed by atoms with Gasteiger partial charge in [-0.3, -0.25) is 0 Å². The highest BCUT2D eigenvalue weighted by molar-refractivity contribution is 9.10. The van der Waals surface area contributed by atoms with Crippen molar-refractivity contribution in [3.63, 3.8) is 0 Å². The van der Waals surface area contributed by atoms with E-state index in [0.717, 1.165) is 26.9 Å². The van der Waals surface area contributed by atoms with Crippen molar-refractivity contribution in [2.24, 2.45) is 0 Å². The van der Waals surface area contributed by atoms with Crippen LogP contribution < -0.4 is 0 Å². The van der Waals surface area contributed by atoms with Crippen LogP contribution in [0, 0.1) is 0 Å². The molecule has 0 saturated heterocycles.